The zero-order valence-corrected chi connectivity index (χ0v) is 18.5. The lowest BCUT2D eigenvalue weighted by atomic mass is 9.90. The monoisotopic (exact) mass is 457 g/mol. The first-order chi connectivity index (χ1) is 15.7. The molecule has 1 aliphatic carbocycles. The van der Waals surface area contributed by atoms with E-state index in [0.717, 1.165) is 30.9 Å². The second kappa shape index (κ2) is 9.29. The Morgan fingerprint density at radius 1 is 1.06 bits per heavy atom. The van der Waals surface area contributed by atoms with Crippen molar-refractivity contribution < 1.29 is 22.7 Å². The number of halogens is 3. The summed E-state index contributed by atoms with van der Waals surface area (Å²) in [6.45, 7) is 1.90. The van der Waals surface area contributed by atoms with Crippen molar-refractivity contribution in [3.8, 4) is 5.75 Å². The maximum atomic E-state index is 13.4. The van der Waals surface area contributed by atoms with Crippen LogP contribution in [0.4, 0.5) is 18.9 Å². The molecule has 174 valence electrons. The number of carbonyl (C=O) groups excluding carboxylic acids is 1. The van der Waals surface area contributed by atoms with E-state index in [1.165, 1.54) is 0 Å². The molecule has 1 saturated carbocycles. The molecular weight excluding hydrogens is 431 g/mol. The lowest BCUT2D eigenvalue weighted by Crippen LogP contribution is -2.41. The van der Waals surface area contributed by atoms with E-state index in [2.05, 4.69) is 15.6 Å². The van der Waals surface area contributed by atoms with Gasteiger partial charge in [-0.2, -0.15) is 13.2 Å². The Morgan fingerprint density at radius 3 is 2.48 bits per heavy atom. The normalized spacial score (nSPS) is 18.7. The number of fused-ring (bicyclic) bond motifs is 1. The van der Waals surface area contributed by atoms with Gasteiger partial charge in [0.2, 0.25) is 0 Å². The molecule has 0 bridgehead atoms. The first-order valence-electron chi connectivity index (χ1n) is 10.9. The summed E-state index contributed by atoms with van der Waals surface area (Å²) in [6, 6.07) is 13.0. The number of amides is 1. The van der Waals surface area contributed by atoms with Crippen molar-refractivity contribution in [3.05, 3.63) is 65.4 Å². The highest BCUT2D eigenvalue weighted by Crippen LogP contribution is 2.34. The Hall–Kier alpha value is -3.29. The molecule has 0 radical (unpaired) electrons. The summed E-state index contributed by atoms with van der Waals surface area (Å²) >= 11 is 0. The van der Waals surface area contributed by atoms with Crippen LogP contribution in [0.5, 0.6) is 5.75 Å². The standard InChI is InChI=1S/C25H26F3N3O2/c1-15-6-11-21-20(12-15)22(14-23(31-21)25(26,27)28)29-17-4-3-5-18(13-17)30-24(32)16-7-9-19(33-2)10-8-16/h6-12,14,17-18H,3-5,13H2,1-2H3,(H,29,31)(H,30,32)/t17-,18+/m0/s1. The van der Waals surface area contributed by atoms with Gasteiger partial charge in [0, 0.05) is 28.7 Å². The molecule has 2 N–H and O–H groups in total. The molecule has 2 aromatic carbocycles. The summed E-state index contributed by atoms with van der Waals surface area (Å²) in [5.41, 5.74) is 1.29. The van der Waals surface area contributed by atoms with Gasteiger partial charge in [0.05, 0.1) is 12.6 Å². The third-order valence-electron chi connectivity index (χ3n) is 5.98. The average molecular weight is 457 g/mol. The SMILES string of the molecule is COc1ccc(C(=O)N[C@@H]2CCC[C@H](Nc3cc(C(F)(F)F)nc4ccc(C)cc34)C2)cc1. The number of anilines is 1. The molecule has 1 aliphatic rings. The minimum atomic E-state index is -4.53. The number of aromatic nitrogens is 1. The number of rotatable bonds is 5. The molecule has 0 spiro atoms. The highest BCUT2D eigenvalue weighted by molar-refractivity contribution is 5.94. The largest absolute Gasteiger partial charge is 0.497 e. The lowest BCUT2D eigenvalue weighted by Gasteiger charge is -2.31. The molecule has 0 unspecified atom stereocenters. The van der Waals surface area contributed by atoms with E-state index in [9.17, 15) is 18.0 Å². The fourth-order valence-corrected chi connectivity index (χ4v) is 4.29. The maximum Gasteiger partial charge on any atom is 0.433 e. The van der Waals surface area contributed by atoms with Crippen LogP contribution in [-0.2, 0) is 6.18 Å². The van der Waals surface area contributed by atoms with Crippen LogP contribution in [0.25, 0.3) is 10.9 Å². The number of benzene rings is 2. The Balaban J connectivity index is 1.51. The van der Waals surface area contributed by atoms with E-state index in [1.807, 2.05) is 13.0 Å². The van der Waals surface area contributed by atoms with Gasteiger partial charge in [-0.3, -0.25) is 4.79 Å². The molecule has 1 aromatic heterocycles. The fourth-order valence-electron chi connectivity index (χ4n) is 4.29. The number of alkyl halides is 3. The van der Waals surface area contributed by atoms with Gasteiger partial charge in [0.15, 0.2) is 0 Å². The number of ether oxygens (including phenoxy) is 1. The Kier molecular flexibility index (Phi) is 6.44. The minimum Gasteiger partial charge on any atom is -0.497 e. The summed E-state index contributed by atoms with van der Waals surface area (Å²) < 4.78 is 45.4. The molecule has 1 fully saturated rings. The molecular formula is C25H26F3N3O2. The summed E-state index contributed by atoms with van der Waals surface area (Å²) in [6.07, 6.45) is -1.41. The van der Waals surface area contributed by atoms with Crippen LogP contribution in [0.3, 0.4) is 0 Å². The smallest absolute Gasteiger partial charge is 0.433 e. The number of methoxy groups -OCH3 is 1. The zero-order chi connectivity index (χ0) is 23.6. The Morgan fingerprint density at radius 2 is 1.79 bits per heavy atom. The van der Waals surface area contributed by atoms with E-state index in [4.69, 9.17) is 4.74 Å². The van der Waals surface area contributed by atoms with Crippen LogP contribution in [0.15, 0.2) is 48.5 Å². The summed E-state index contributed by atoms with van der Waals surface area (Å²) in [5.74, 6) is 0.499. The average Bonchev–Trinajstić information content (AvgIpc) is 2.79. The second-order valence-electron chi connectivity index (χ2n) is 8.48. The number of hydrogen-bond acceptors (Lipinski definition) is 4. The van der Waals surface area contributed by atoms with Gasteiger partial charge in [-0.05, 0) is 75.1 Å². The summed E-state index contributed by atoms with van der Waals surface area (Å²) in [4.78, 5) is 16.4. The predicted octanol–water partition coefficient (Wildman–Crippen LogP) is 5.72. The summed E-state index contributed by atoms with van der Waals surface area (Å²) in [5, 5.41) is 7.03. The van der Waals surface area contributed by atoms with E-state index in [1.54, 1.807) is 43.5 Å². The van der Waals surface area contributed by atoms with Crippen LogP contribution in [0.2, 0.25) is 0 Å². The van der Waals surface area contributed by atoms with Gasteiger partial charge in [-0.15, -0.1) is 0 Å². The van der Waals surface area contributed by atoms with Crippen LogP contribution in [-0.4, -0.2) is 30.1 Å². The summed E-state index contributed by atoms with van der Waals surface area (Å²) in [7, 11) is 1.56. The lowest BCUT2D eigenvalue weighted by molar-refractivity contribution is -0.140. The number of hydrogen-bond donors (Lipinski definition) is 2. The Bertz CT molecular complexity index is 1150. The van der Waals surface area contributed by atoms with Crippen molar-refractivity contribution in [3.63, 3.8) is 0 Å². The van der Waals surface area contributed by atoms with Crippen molar-refractivity contribution >= 4 is 22.5 Å². The van der Waals surface area contributed by atoms with E-state index in [-0.39, 0.29) is 18.0 Å². The van der Waals surface area contributed by atoms with E-state index >= 15 is 0 Å². The second-order valence-corrected chi connectivity index (χ2v) is 8.48. The van der Waals surface area contributed by atoms with Gasteiger partial charge in [0.1, 0.15) is 11.4 Å². The van der Waals surface area contributed by atoms with Gasteiger partial charge in [-0.1, -0.05) is 11.6 Å². The van der Waals surface area contributed by atoms with Crippen LogP contribution in [0.1, 0.15) is 47.3 Å². The third kappa shape index (κ3) is 5.38. The number of aryl methyl sites for hydroxylation is 1. The van der Waals surface area contributed by atoms with Crippen molar-refractivity contribution in [2.75, 3.05) is 12.4 Å². The van der Waals surface area contributed by atoms with Crippen molar-refractivity contribution in [2.24, 2.45) is 0 Å². The molecule has 0 saturated heterocycles. The molecule has 33 heavy (non-hydrogen) atoms. The highest BCUT2D eigenvalue weighted by Gasteiger charge is 2.34. The van der Waals surface area contributed by atoms with Crippen molar-refractivity contribution in [2.45, 2.75) is 50.9 Å². The number of pyridine rings is 1. The molecule has 4 rings (SSSR count). The van der Waals surface area contributed by atoms with Crippen LogP contribution < -0.4 is 15.4 Å². The zero-order valence-electron chi connectivity index (χ0n) is 18.5. The molecule has 1 heterocycles. The van der Waals surface area contributed by atoms with Gasteiger partial charge in [0.25, 0.3) is 5.91 Å². The van der Waals surface area contributed by atoms with Gasteiger partial charge < -0.3 is 15.4 Å². The molecule has 2 atom stereocenters. The first-order valence-corrected chi connectivity index (χ1v) is 10.9. The predicted molar refractivity (Wildman–Crippen MR) is 122 cm³/mol. The Labute approximate surface area is 190 Å². The molecule has 3 aromatic rings. The third-order valence-corrected chi connectivity index (χ3v) is 5.98. The number of carbonyl (C=O) groups is 1. The molecule has 1 amide bonds. The number of nitrogens with zero attached hydrogens (tertiary/aromatic N) is 1. The topological polar surface area (TPSA) is 63.2 Å². The highest BCUT2D eigenvalue weighted by atomic mass is 19.4. The minimum absolute atomic E-state index is 0.0629. The number of nitrogens with one attached hydrogen (secondary N) is 2. The van der Waals surface area contributed by atoms with Gasteiger partial charge in [-0.25, -0.2) is 4.98 Å². The first kappa shape index (κ1) is 22.9. The van der Waals surface area contributed by atoms with Crippen molar-refractivity contribution in [1.82, 2.24) is 10.3 Å². The molecule has 8 heteroatoms. The fraction of sp³-hybridized carbons (Fsp3) is 0.360. The van der Waals surface area contributed by atoms with Crippen molar-refractivity contribution in [1.29, 1.82) is 0 Å². The van der Waals surface area contributed by atoms with Gasteiger partial charge >= 0.3 is 6.18 Å². The molecule has 0 aliphatic heterocycles. The molecule has 5 nitrogen and oxygen atoms in total. The van der Waals surface area contributed by atoms with Crippen LogP contribution >= 0.6 is 0 Å². The maximum absolute atomic E-state index is 13.4. The van der Waals surface area contributed by atoms with E-state index < -0.39 is 11.9 Å². The van der Waals surface area contributed by atoms with E-state index in [0.29, 0.717) is 34.3 Å². The van der Waals surface area contributed by atoms with Crippen LogP contribution in [0, 0.1) is 6.92 Å². The quantitative estimate of drug-likeness (QED) is 0.514.